The van der Waals surface area contributed by atoms with Crippen molar-refractivity contribution in [2.75, 3.05) is 6.54 Å². The molecular formula is C16H24FNO. The molecule has 0 radical (unpaired) electrons. The van der Waals surface area contributed by atoms with Crippen molar-refractivity contribution in [1.29, 1.82) is 0 Å². The van der Waals surface area contributed by atoms with Crippen LogP contribution in [0, 0.1) is 17.7 Å². The number of ether oxygens (including phenoxy) is 1. The van der Waals surface area contributed by atoms with Crippen LogP contribution in [0.15, 0.2) is 24.3 Å². The molecule has 0 amide bonds. The zero-order valence-electron chi connectivity index (χ0n) is 11.8. The van der Waals surface area contributed by atoms with E-state index in [0.717, 1.165) is 18.4 Å². The summed E-state index contributed by atoms with van der Waals surface area (Å²) in [6.07, 6.45) is 3.48. The monoisotopic (exact) mass is 265 g/mol. The highest BCUT2D eigenvalue weighted by atomic mass is 19.1. The van der Waals surface area contributed by atoms with Gasteiger partial charge in [-0.25, -0.2) is 4.39 Å². The van der Waals surface area contributed by atoms with Crippen LogP contribution in [0.25, 0.3) is 0 Å². The minimum Gasteiger partial charge on any atom is -0.369 e. The lowest BCUT2D eigenvalue weighted by molar-refractivity contribution is -0.0467. The molecule has 0 aliphatic heterocycles. The van der Waals surface area contributed by atoms with E-state index in [1.807, 2.05) is 6.07 Å². The molecule has 1 aliphatic carbocycles. The normalized spacial score (nSPS) is 29.2. The van der Waals surface area contributed by atoms with Gasteiger partial charge in [0.2, 0.25) is 0 Å². The first kappa shape index (κ1) is 14.5. The highest BCUT2D eigenvalue weighted by Gasteiger charge is 2.27. The summed E-state index contributed by atoms with van der Waals surface area (Å²) in [7, 11) is 0. The molecule has 0 heterocycles. The Balaban J connectivity index is 2.02. The molecule has 2 nitrogen and oxygen atoms in total. The molecular weight excluding hydrogens is 241 g/mol. The fourth-order valence-electron chi connectivity index (χ4n) is 3.19. The molecule has 0 spiro atoms. The molecule has 2 N–H and O–H groups in total. The molecule has 1 aromatic carbocycles. The molecule has 1 aromatic rings. The average Bonchev–Trinajstić information content (AvgIpc) is 2.34. The third-order valence-electron chi connectivity index (χ3n) is 3.93. The minimum absolute atomic E-state index is 0.196. The van der Waals surface area contributed by atoms with E-state index in [9.17, 15) is 4.39 Å². The third kappa shape index (κ3) is 4.02. The van der Waals surface area contributed by atoms with Crippen molar-refractivity contribution in [3.63, 3.8) is 0 Å². The van der Waals surface area contributed by atoms with Crippen molar-refractivity contribution in [2.24, 2.45) is 17.6 Å². The Kier molecular flexibility index (Phi) is 4.94. The predicted molar refractivity (Wildman–Crippen MR) is 75.2 cm³/mol. The van der Waals surface area contributed by atoms with Crippen molar-refractivity contribution < 1.29 is 9.13 Å². The van der Waals surface area contributed by atoms with E-state index < -0.39 is 0 Å². The predicted octanol–water partition coefficient (Wildman–Crippen LogP) is 3.67. The van der Waals surface area contributed by atoms with E-state index in [4.69, 9.17) is 10.5 Å². The number of rotatable bonds is 4. The summed E-state index contributed by atoms with van der Waals surface area (Å²) in [6, 6.07) is 6.56. The van der Waals surface area contributed by atoms with Crippen LogP contribution in [0.4, 0.5) is 4.39 Å². The second kappa shape index (κ2) is 6.49. The van der Waals surface area contributed by atoms with Crippen molar-refractivity contribution >= 4 is 0 Å². The molecule has 0 aromatic heterocycles. The van der Waals surface area contributed by atoms with Gasteiger partial charge in [-0.1, -0.05) is 26.0 Å². The van der Waals surface area contributed by atoms with E-state index in [0.29, 0.717) is 18.4 Å². The Morgan fingerprint density at radius 1 is 1.26 bits per heavy atom. The third-order valence-corrected chi connectivity index (χ3v) is 3.93. The number of halogens is 1. The number of nitrogens with two attached hydrogens (primary N) is 1. The van der Waals surface area contributed by atoms with Crippen molar-refractivity contribution in [3.8, 4) is 0 Å². The Hall–Kier alpha value is -0.930. The first-order valence-electron chi connectivity index (χ1n) is 7.19. The summed E-state index contributed by atoms with van der Waals surface area (Å²) in [5.41, 5.74) is 6.63. The first-order valence-corrected chi connectivity index (χ1v) is 7.19. The molecule has 106 valence electrons. The number of hydrogen-bond acceptors (Lipinski definition) is 2. The molecule has 3 atom stereocenters. The van der Waals surface area contributed by atoms with Crippen molar-refractivity contribution in [1.82, 2.24) is 0 Å². The van der Waals surface area contributed by atoms with Gasteiger partial charge in [-0.15, -0.1) is 0 Å². The van der Waals surface area contributed by atoms with Gasteiger partial charge in [0.15, 0.2) is 0 Å². The summed E-state index contributed by atoms with van der Waals surface area (Å²) in [5.74, 6) is 1.16. The molecule has 1 fully saturated rings. The fraction of sp³-hybridized carbons (Fsp3) is 0.625. The maximum atomic E-state index is 13.3. The maximum absolute atomic E-state index is 13.3. The largest absolute Gasteiger partial charge is 0.369 e. The highest BCUT2D eigenvalue weighted by Crippen LogP contribution is 2.33. The van der Waals surface area contributed by atoms with Crippen LogP contribution in [-0.2, 0) is 4.74 Å². The van der Waals surface area contributed by atoms with E-state index in [-0.39, 0.29) is 18.0 Å². The van der Waals surface area contributed by atoms with Crippen LogP contribution >= 0.6 is 0 Å². The lowest BCUT2D eigenvalue weighted by Gasteiger charge is -2.33. The molecule has 19 heavy (non-hydrogen) atoms. The SMILES string of the molecule is CC1CC(C)CC(OC(CN)c2cccc(F)c2)C1. The number of hydrogen-bond donors (Lipinski definition) is 1. The van der Waals surface area contributed by atoms with Crippen molar-refractivity contribution in [3.05, 3.63) is 35.6 Å². The second-order valence-corrected chi connectivity index (χ2v) is 5.95. The summed E-state index contributed by atoms with van der Waals surface area (Å²) in [5, 5.41) is 0. The lowest BCUT2D eigenvalue weighted by Crippen LogP contribution is -2.30. The van der Waals surface area contributed by atoms with Crippen LogP contribution in [-0.4, -0.2) is 12.6 Å². The van der Waals surface area contributed by atoms with Gasteiger partial charge in [0.25, 0.3) is 0 Å². The van der Waals surface area contributed by atoms with E-state index in [1.165, 1.54) is 18.6 Å². The van der Waals surface area contributed by atoms with Crippen LogP contribution in [0.1, 0.15) is 44.8 Å². The summed E-state index contributed by atoms with van der Waals surface area (Å²) in [4.78, 5) is 0. The minimum atomic E-state index is -0.232. The second-order valence-electron chi connectivity index (χ2n) is 5.95. The topological polar surface area (TPSA) is 35.2 Å². The van der Waals surface area contributed by atoms with Gasteiger partial charge in [0.05, 0.1) is 12.2 Å². The molecule has 1 saturated carbocycles. The maximum Gasteiger partial charge on any atom is 0.123 e. The van der Waals surface area contributed by atoms with Gasteiger partial charge in [0, 0.05) is 6.54 Å². The Labute approximate surface area is 115 Å². The van der Waals surface area contributed by atoms with Crippen LogP contribution < -0.4 is 5.73 Å². The summed E-state index contributed by atoms with van der Waals surface area (Å²) in [6.45, 7) is 4.93. The average molecular weight is 265 g/mol. The standard InChI is InChI=1S/C16H24FNO/c1-11-6-12(2)8-15(7-11)19-16(10-18)13-4-3-5-14(17)9-13/h3-5,9,11-12,15-16H,6-8,10,18H2,1-2H3. The van der Waals surface area contributed by atoms with Crippen molar-refractivity contribution in [2.45, 2.75) is 45.3 Å². The van der Waals surface area contributed by atoms with Crippen LogP contribution in [0.2, 0.25) is 0 Å². The van der Waals surface area contributed by atoms with E-state index in [1.54, 1.807) is 6.07 Å². The van der Waals surface area contributed by atoms with Crippen LogP contribution in [0.3, 0.4) is 0 Å². The molecule has 1 aliphatic rings. The first-order chi connectivity index (χ1) is 9.08. The summed E-state index contributed by atoms with van der Waals surface area (Å²) < 4.78 is 19.4. The van der Waals surface area contributed by atoms with E-state index in [2.05, 4.69) is 13.8 Å². The number of benzene rings is 1. The van der Waals surface area contributed by atoms with Gasteiger partial charge in [-0.3, -0.25) is 0 Å². The molecule has 0 bridgehead atoms. The Morgan fingerprint density at radius 2 is 1.95 bits per heavy atom. The quantitative estimate of drug-likeness (QED) is 0.901. The lowest BCUT2D eigenvalue weighted by atomic mass is 9.81. The van der Waals surface area contributed by atoms with Gasteiger partial charge < -0.3 is 10.5 Å². The zero-order chi connectivity index (χ0) is 13.8. The van der Waals surface area contributed by atoms with Gasteiger partial charge in [-0.2, -0.15) is 0 Å². The van der Waals surface area contributed by atoms with Gasteiger partial charge >= 0.3 is 0 Å². The Morgan fingerprint density at radius 3 is 2.53 bits per heavy atom. The molecule has 3 heteroatoms. The smallest absolute Gasteiger partial charge is 0.123 e. The molecule has 2 rings (SSSR count). The molecule has 3 unspecified atom stereocenters. The van der Waals surface area contributed by atoms with Gasteiger partial charge in [-0.05, 0) is 48.8 Å². The van der Waals surface area contributed by atoms with Crippen LogP contribution in [0.5, 0.6) is 0 Å². The zero-order valence-corrected chi connectivity index (χ0v) is 11.8. The highest BCUT2D eigenvalue weighted by molar-refractivity contribution is 5.19. The Bertz CT molecular complexity index is 399. The van der Waals surface area contributed by atoms with Gasteiger partial charge in [0.1, 0.15) is 5.82 Å². The fourth-order valence-corrected chi connectivity index (χ4v) is 3.19. The molecule has 0 saturated heterocycles. The van der Waals surface area contributed by atoms with E-state index >= 15 is 0 Å². The summed E-state index contributed by atoms with van der Waals surface area (Å²) >= 11 is 0.